The number of carbonyl (C=O) groups is 1. The number of nitrogens with two attached hydrogens (primary N) is 1. The molecule has 0 fully saturated rings. The van der Waals surface area contributed by atoms with E-state index in [1.54, 1.807) is 31.4 Å². The van der Waals surface area contributed by atoms with Crippen molar-refractivity contribution in [1.29, 1.82) is 0 Å². The van der Waals surface area contributed by atoms with E-state index in [-0.39, 0.29) is 5.78 Å². The van der Waals surface area contributed by atoms with E-state index >= 15 is 0 Å². The Morgan fingerprint density at radius 2 is 1.90 bits per heavy atom. The minimum absolute atomic E-state index is 0.129. The molecule has 20 heavy (non-hydrogen) atoms. The van der Waals surface area contributed by atoms with Gasteiger partial charge in [-0.15, -0.1) is 0 Å². The number of benzene rings is 2. The smallest absolute Gasteiger partial charge is 0.231 e. The van der Waals surface area contributed by atoms with Gasteiger partial charge in [0.2, 0.25) is 5.78 Å². The van der Waals surface area contributed by atoms with Crippen LogP contribution in [-0.4, -0.2) is 12.9 Å². The molecule has 0 bridgehead atoms. The van der Waals surface area contributed by atoms with Gasteiger partial charge in [0.05, 0.1) is 12.7 Å². The molecule has 0 atom stereocenters. The number of nitrogen functional groups attached to an aromatic ring is 1. The lowest BCUT2D eigenvalue weighted by Gasteiger charge is -2.01. The van der Waals surface area contributed by atoms with Gasteiger partial charge in [-0.1, -0.05) is 12.1 Å². The third-order valence-corrected chi connectivity index (χ3v) is 3.11. The molecule has 1 heterocycles. The fourth-order valence-electron chi connectivity index (χ4n) is 2.06. The summed E-state index contributed by atoms with van der Waals surface area (Å²) in [5.74, 6) is 1.45. The molecule has 0 amide bonds. The van der Waals surface area contributed by atoms with Gasteiger partial charge in [0.1, 0.15) is 11.5 Å². The Bertz CT molecular complexity index is 702. The van der Waals surface area contributed by atoms with Gasteiger partial charge in [-0.2, -0.15) is 0 Å². The number of hydrogen-bond donors (Lipinski definition) is 1. The summed E-state index contributed by atoms with van der Waals surface area (Å²) >= 11 is 0. The quantitative estimate of drug-likeness (QED) is 0.671. The maximum Gasteiger partial charge on any atom is 0.231 e. The monoisotopic (exact) mass is 267 g/mol. The molecule has 0 aliphatic carbocycles. The van der Waals surface area contributed by atoms with E-state index in [1.807, 2.05) is 24.3 Å². The number of Topliss-reactive ketones (excluding diaryl/α,β-unsaturated/α-hetero) is 1. The summed E-state index contributed by atoms with van der Waals surface area (Å²) in [5.41, 5.74) is 7.66. The number of rotatable bonds is 2. The summed E-state index contributed by atoms with van der Waals surface area (Å²) in [6.07, 6.45) is 1.71. The molecule has 2 aromatic carbocycles. The van der Waals surface area contributed by atoms with Gasteiger partial charge >= 0.3 is 0 Å². The zero-order chi connectivity index (χ0) is 14.1. The van der Waals surface area contributed by atoms with Gasteiger partial charge < -0.3 is 15.2 Å². The lowest BCUT2D eigenvalue weighted by atomic mass is 10.1. The van der Waals surface area contributed by atoms with Crippen LogP contribution in [0.25, 0.3) is 6.08 Å². The molecule has 100 valence electrons. The molecule has 3 rings (SSSR count). The average Bonchev–Trinajstić information content (AvgIpc) is 2.75. The Kier molecular flexibility index (Phi) is 2.91. The van der Waals surface area contributed by atoms with Crippen LogP contribution in [0.5, 0.6) is 11.5 Å². The molecular formula is C16H13NO3. The van der Waals surface area contributed by atoms with Crippen LogP contribution in [0.1, 0.15) is 15.9 Å². The van der Waals surface area contributed by atoms with E-state index in [9.17, 15) is 4.79 Å². The molecule has 1 aliphatic rings. The highest BCUT2D eigenvalue weighted by atomic mass is 16.5. The fraction of sp³-hybridized carbons (Fsp3) is 0.0625. The lowest BCUT2D eigenvalue weighted by Crippen LogP contribution is -1.98. The Labute approximate surface area is 116 Å². The maximum absolute atomic E-state index is 12.2. The molecule has 0 aromatic heterocycles. The Balaban J connectivity index is 1.92. The summed E-state index contributed by atoms with van der Waals surface area (Å²) < 4.78 is 10.7. The van der Waals surface area contributed by atoms with Gasteiger partial charge in [0.25, 0.3) is 0 Å². The van der Waals surface area contributed by atoms with Crippen LogP contribution in [0.4, 0.5) is 5.69 Å². The molecule has 2 N–H and O–H groups in total. The van der Waals surface area contributed by atoms with Crippen LogP contribution in [0.15, 0.2) is 48.2 Å². The number of ketones is 1. The zero-order valence-corrected chi connectivity index (χ0v) is 10.9. The van der Waals surface area contributed by atoms with Gasteiger partial charge in [-0.25, -0.2) is 0 Å². The first kappa shape index (κ1) is 12.3. The number of fused-ring (bicyclic) bond motifs is 1. The van der Waals surface area contributed by atoms with Crippen LogP contribution in [-0.2, 0) is 0 Å². The molecule has 0 unspecified atom stereocenters. The minimum atomic E-state index is -0.129. The highest BCUT2D eigenvalue weighted by Crippen LogP contribution is 2.33. The Morgan fingerprint density at radius 1 is 1.15 bits per heavy atom. The lowest BCUT2D eigenvalue weighted by molar-refractivity contribution is 0.101. The molecule has 4 nitrogen and oxygen atoms in total. The van der Waals surface area contributed by atoms with Crippen molar-refractivity contribution in [1.82, 2.24) is 0 Å². The molecule has 4 heteroatoms. The van der Waals surface area contributed by atoms with Crippen LogP contribution < -0.4 is 15.2 Å². The van der Waals surface area contributed by atoms with Crippen LogP contribution >= 0.6 is 0 Å². The summed E-state index contributed by atoms with van der Waals surface area (Å²) in [6.45, 7) is 0. The number of allylic oxidation sites excluding steroid dienone is 1. The number of carbonyl (C=O) groups excluding carboxylic acids is 1. The second-order valence-corrected chi connectivity index (χ2v) is 4.47. The van der Waals surface area contributed by atoms with Crippen molar-refractivity contribution in [2.45, 2.75) is 0 Å². The number of methoxy groups -OCH3 is 1. The van der Waals surface area contributed by atoms with E-state index < -0.39 is 0 Å². The summed E-state index contributed by atoms with van der Waals surface area (Å²) in [5, 5.41) is 0. The van der Waals surface area contributed by atoms with Crippen molar-refractivity contribution in [3.63, 3.8) is 0 Å². The van der Waals surface area contributed by atoms with Crippen LogP contribution in [0.2, 0.25) is 0 Å². The van der Waals surface area contributed by atoms with E-state index in [2.05, 4.69) is 0 Å². The van der Waals surface area contributed by atoms with Crippen molar-refractivity contribution in [3.8, 4) is 11.5 Å². The van der Waals surface area contributed by atoms with Gasteiger partial charge in [-0.05, 0) is 35.9 Å². The summed E-state index contributed by atoms with van der Waals surface area (Å²) in [6, 6.07) is 12.4. The van der Waals surface area contributed by atoms with Gasteiger partial charge in [-0.3, -0.25) is 4.79 Å². The third-order valence-electron chi connectivity index (χ3n) is 3.11. The standard InChI is InChI=1S/C16H13NO3/c1-19-12-5-2-10(3-6-12)8-15-16(18)13-7-4-11(17)9-14(13)20-15/h2-9H,17H2,1H3/b15-8-. The molecule has 2 aromatic rings. The van der Waals surface area contributed by atoms with Gasteiger partial charge in [0, 0.05) is 11.8 Å². The van der Waals surface area contributed by atoms with E-state index in [4.69, 9.17) is 15.2 Å². The van der Waals surface area contributed by atoms with E-state index in [0.717, 1.165) is 11.3 Å². The van der Waals surface area contributed by atoms with Crippen molar-refractivity contribution in [2.75, 3.05) is 12.8 Å². The molecular weight excluding hydrogens is 254 g/mol. The number of ether oxygens (including phenoxy) is 2. The van der Waals surface area contributed by atoms with E-state index in [0.29, 0.717) is 22.8 Å². The molecule has 0 saturated carbocycles. The normalized spacial score (nSPS) is 15.1. The minimum Gasteiger partial charge on any atom is -0.497 e. The van der Waals surface area contributed by atoms with Crippen LogP contribution in [0, 0.1) is 0 Å². The first-order valence-corrected chi connectivity index (χ1v) is 6.15. The Hall–Kier alpha value is -2.75. The second-order valence-electron chi connectivity index (χ2n) is 4.47. The topological polar surface area (TPSA) is 61.6 Å². The van der Waals surface area contributed by atoms with E-state index in [1.165, 1.54) is 0 Å². The van der Waals surface area contributed by atoms with Crippen molar-refractivity contribution < 1.29 is 14.3 Å². The molecule has 1 aliphatic heterocycles. The molecule has 0 saturated heterocycles. The fourth-order valence-corrected chi connectivity index (χ4v) is 2.06. The zero-order valence-electron chi connectivity index (χ0n) is 10.9. The first-order chi connectivity index (χ1) is 9.67. The second kappa shape index (κ2) is 4.74. The Morgan fingerprint density at radius 3 is 2.60 bits per heavy atom. The summed E-state index contributed by atoms with van der Waals surface area (Å²) in [4.78, 5) is 12.2. The first-order valence-electron chi connectivity index (χ1n) is 6.15. The van der Waals surface area contributed by atoms with Crippen LogP contribution in [0.3, 0.4) is 0 Å². The third kappa shape index (κ3) is 2.12. The molecule has 0 radical (unpaired) electrons. The SMILES string of the molecule is COc1ccc(/C=C2\Oc3cc(N)ccc3C2=O)cc1. The highest BCUT2D eigenvalue weighted by molar-refractivity contribution is 6.14. The average molecular weight is 267 g/mol. The number of hydrogen-bond acceptors (Lipinski definition) is 4. The largest absolute Gasteiger partial charge is 0.497 e. The van der Waals surface area contributed by atoms with Crippen molar-refractivity contribution in [2.24, 2.45) is 0 Å². The summed E-state index contributed by atoms with van der Waals surface area (Å²) in [7, 11) is 1.61. The maximum atomic E-state index is 12.2. The predicted molar refractivity (Wildman–Crippen MR) is 76.8 cm³/mol. The molecule has 0 spiro atoms. The predicted octanol–water partition coefficient (Wildman–Crippen LogP) is 2.89. The van der Waals surface area contributed by atoms with Crippen molar-refractivity contribution >= 4 is 17.5 Å². The van der Waals surface area contributed by atoms with Gasteiger partial charge in [0.15, 0.2) is 5.76 Å². The highest BCUT2D eigenvalue weighted by Gasteiger charge is 2.27. The van der Waals surface area contributed by atoms with Crippen molar-refractivity contribution in [3.05, 3.63) is 59.4 Å². The number of anilines is 1.